The molecule has 1 aliphatic rings. The zero-order valence-corrected chi connectivity index (χ0v) is 17.3. The van der Waals surface area contributed by atoms with E-state index in [4.69, 9.17) is 4.74 Å². The van der Waals surface area contributed by atoms with Crippen molar-refractivity contribution in [3.8, 4) is 0 Å². The summed E-state index contributed by atoms with van der Waals surface area (Å²) in [4.78, 5) is 37.7. The molecule has 2 N–H and O–H groups in total. The average Bonchev–Trinajstić information content (AvgIpc) is 3.03. The highest BCUT2D eigenvalue weighted by atomic mass is 32.1. The van der Waals surface area contributed by atoms with E-state index < -0.39 is 5.97 Å². The number of hydrogen-bond donors (Lipinski definition) is 2. The molecule has 3 heterocycles. The molecule has 9 heteroatoms. The number of nitrogens with one attached hydrogen (secondary N) is 2. The lowest BCUT2D eigenvalue weighted by atomic mass is 10.1. The van der Waals surface area contributed by atoms with Crippen LogP contribution in [-0.4, -0.2) is 61.7 Å². The Morgan fingerprint density at radius 1 is 1.29 bits per heavy atom. The molecular weight excluding hydrogens is 378 g/mol. The van der Waals surface area contributed by atoms with Gasteiger partial charge in [0.15, 0.2) is 6.54 Å². The highest BCUT2D eigenvalue weighted by molar-refractivity contribution is 7.16. The highest BCUT2D eigenvalue weighted by Gasteiger charge is 2.26. The minimum absolute atomic E-state index is 0.0894. The first-order chi connectivity index (χ1) is 13.5. The number of methoxy groups -OCH3 is 1. The van der Waals surface area contributed by atoms with Gasteiger partial charge in [-0.15, -0.1) is 11.3 Å². The summed E-state index contributed by atoms with van der Waals surface area (Å²) < 4.78 is 4.91. The van der Waals surface area contributed by atoms with E-state index in [0.29, 0.717) is 17.1 Å². The predicted octanol–water partition coefficient (Wildman–Crippen LogP) is 0.539. The number of carbonyl (C=O) groups is 2. The van der Waals surface area contributed by atoms with E-state index in [1.54, 1.807) is 18.5 Å². The van der Waals surface area contributed by atoms with Crippen molar-refractivity contribution in [2.45, 2.75) is 20.3 Å². The van der Waals surface area contributed by atoms with Gasteiger partial charge in [-0.05, 0) is 25.0 Å². The van der Waals surface area contributed by atoms with Crippen molar-refractivity contribution in [2.24, 2.45) is 0 Å². The van der Waals surface area contributed by atoms with Crippen LogP contribution in [0.3, 0.4) is 0 Å². The maximum Gasteiger partial charge on any atom is 0.341 e. The molecule has 0 radical (unpaired) electrons. The Morgan fingerprint density at radius 2 is 1.96 bits per heavy atom. The normalized spacial score (nSPS) is 14.8. The third-order valence-corrected chi connectivity index (χ3v) is 5.98. The largest absolute Gasteiger partial charge is 0.465 e. The van der Waals surface area contributed by atoms with E-state index in [0.717, 1.165) is 49.0 Å². The third kappa shape index (κ3) is 4.48. The molecular formula is C19H26N5O3S+. The Hall–Kier alpha value is -2.52. The second kappa shape index (κ2) is 9.11. The van der Waals surface area contributed by atoms with Gasteiger partial charge in [0, 0.05) is 17.3 Å². The van der Waals surface area contributed by atoms with E-state index in [-0.39, 0.29) is 5.91 Å². The van der Waals surface area contributed by atoms with Gasteiger partial charge in [0.2, 0.25) is 5.95 Å². The Labute approximate surface area is 168 Å². The number of amides is 1. The van der Waals surface area contributed by atoms with E-state index in [1.807, 2.05) is 13.8 Å². The lowest BCUT2D eigenvalue weighted by molar-refractivity contribution is -0.892. The summed E-state index contributed by atoms with van der Waals surface area (Å²) in [7, 11) is 1.36. The fourth-order valence-electron chi connectivity index (χ4n) is 3.46. The molecule has 1 fully saturated rings. The smallest absolute Gasteiger partial charge is 0.341 e. The zero-order chi connectivity index (χ0) is 20.1. The lowest BCUT2D eigenvalue weighted by Gasteiger charge is -2.31. The molecule has 2 aromatic rings. The second-order valence-electron chi connectivity index (χ2n) is 6.70. The average molecular weight is 405 g/mol. The summed E-state index contributed by atoms with van der Waals surface area (Å²) in [5.74, 6) is 0.240. The molecule has 150 valence electrons. The first kappa shape index (κ1) is 20.2. The van der Waals surface area contributed by atoms with Gasteiger partial charge in [0.1, 0.15) is 5.00 Å². The van der Waals surface area contributed by atoms with Gasteiger partial charge in [-0.25, -0.2) is 14.8 Å². The molecule has 0 aliphatic carbocycles. The van der Waals surface area contributed by atoms with Gasteiger partial charge in [-0.2, -0.15) is 0 Å². The fourth-order valence-corrected chi connectivity index (χ4v) is 4.61. The number of aryl methyl sites for hydroxylation is 1. The summed E-state index contributed by atoms with van der Waals surface area (Å²) in [6, 6.07) is 1.80. The topological polar surface area (TPSA) is 88.9 Å². The van der Waals surface area contributed by atoms with Crippen LogP contribution in [-0.2, 0) is 16.0 Å². The second-order valence-corrected chi connectivity index (χ2v) is 7.92. The van der Waals surface area contributed by atoms with Crippen molar-refractivity contribution in [3.05, 3.63) is 34.5 Å². The third-order valence-electron chi connectivity index (χ3n) is 4.92. The molecule has 0 atom stereocenters. The van der Waals surface area contributed by atoms with E-state index >= 15 is 0 Å². The van der Waals surface area contributed by atoms with Crippen molar-refractivity contribution in [2.75, 3.05) is 50.1 Å². The molecule has 2 aromatic heterocycles. The standard InChI is InChI=1S/C19H25N5O3S/c1-4-14-13(2)28-17(16(14)18(26)27-3)22-15(25)12-23-8-10-24(11-9-23)19-20-6-5-7-21-19/h5-7H,4,8-12H2,1-3H3,(H,22,25)/p+1. The summed E-state index contributed by atoms with van der Waals surface area (Å²) in [6.07, 6.45) is 4.19. The molecule has 0 saturated carbocycles. The minimum Gasteiger partial charge on any atom is -0.465 e. The van der Waals surface area contributed by atoms with Crippen LogP contribution in [0.15, 0.2) is 18.5 Å². The van der Waals surface area contributed by atoms with Crippen molar-refractivity contribution in [3.63, 3.8) is 0 Å². The van der Waals surface area contributed by atoms with E-state index in [2.05, 4.69) is 20.2 Å². The molecule has 8 nitrogen and oxygen atoms in total. The first-order valence-corrected chi connectivity index (χ1v) is 10.2. The summed E-state index contributed by atoms with van der Waals surface area (Å²) >= 11 is 1.43. The number of hydrogen-bond acceptors (Lipinski definition) is 7. The summed E-state index contributed by atoms with van der Waals surface area (Å²) in [5, 5.41) is 3.52. The van der Waals surface area contributed by atoms with Crippen LogP contribution in [0, 0.1) is 6.92 Å². The summed E-state index contributed by atoms with van der Waals surface area (Å²) in [5.41, 5.74) is 1.43. The molecule has 3 rings (SSSR count). The van der Waals surface area contributed by atoms with Crippen molar-refractivity contribution >= 4 is 34.2 Å². The van der Waals surface area contributed by atoms with Crippen molar-refractivity contribution in [1.82, 2.24) is 9.97 Å². The van der Waals surface area contributed by atoms with Crippen molar-refractivity contribution in [1.29, 1.82) is 0 Å². The Bertz CT molecular complexity index is 832. The molecule has 1 amide bonds. The number of anilines is 2. The molecule has 0 bridgehead atoms. The van der Waals surface area contributed by atoms with Crippen LogP contribution in [0.1, 0.15) is 27.7 Å². The van der Waals surface area contributed by atoms with Crippen molar-refractivity contribution < 1.29 is 19.2 Å². The number of piperazine rings is 1. The van der Waals surface area contributed by atoms with Gasteiger partial charge in [0.25, 0.3) is 5.91 Å². The lowest BCUT2D eigenvalue weighted by Crippen LogP contribution is -3.15. The van der Waals surface area contributed by atoms with Crippen LogP contribution in [0.5, 0.6) is 0 Å². The van der Waals surface area contributed by atoms with E-state index in [9.17, 15) is 9.59 Å². The molecule has 0 aromatic carbocycles. The van der Waals surface area contributed by atoms with Gasteiger partial charge in [-0.3, -0.25) is 4.79 Å². The zero-order valence-electron chi connectivity index (χ0n) is 16.4. The SMILES string of the molecule is CCc1c(C)sc(NC(=O)C[NH+]2CCN(c3ncccn3)CC2)c1C(=O)OC. The van der Waals surface area contributed by atoms with Crippen LogP contribution >= 0.6 is 11.3 Å². The molecule has 1 aliphatic heterocycles. The Morgan fingerprint density at radius 3 is 2.57 bits per heavy atom. The molecule has 0 spiro atoms. The number of nitrogens with zero attached hydrogens (tertiary/aromatic N) is 3. The number of quaternary nitrogens is 1. The molecule has 28 heavy (non-hydrogen) atoms. The first-order valence-electron chi connectivity index (χ1n) is 9.39. The quantitative estimate of drug-likeness (QED) is 0.683. The predicted molar refractivity (Wildman–Crippen MR) is 108 cm³/mol. The summed E-state index contributed by atoms with van der Waals surface area (Å²) in [6.45, 7) is 7.59. The van der Waals surface area contributed by atoms with Crippen LogP contribution < -0.4 is 15.1 Å². The van der Waals surface area contributed by atoms with Gasteiger partial charge < -0.3 is 19.9 Å². The maximum atomic E-state index is 12.6. The van der Waals surface area contributed by atoms with Gasteiger partial charge in [0.05, 0.1) is 38.9 Å². The van der Waals surface area contributed by atoms with Crippen LogP contribution in [0.4, 0.5) is 10.9 Å². The Balaban J connectivity index is 1.59. The van der Waals surface area contributed by atoms with E-state index in [1.165, 1.54) is 23.3 Å². The number of ether oxygens (including phenoxy) is 1. The number of aromatic nitrogens is 2. The fraction of sp³-hybridized carbons (Fsp3) is 0.474. The molecule has 1 saturated heterocycles. The molecule has 0 unspecified atom stereocenters. The monoisotopic (exact) mass is 404 g/mol. The van der Waals surface area contributed by atoms with Crippen LogP contribution in [0.25, 0.3) is 0 Å². The highest BCUT2D eigenvalue weighted by Crippen LogP contribution is 2.33. The number of rotatable bonds is 6. The number of thiophene rings is 1. The van der Waals surface area contributed by atoms with Gasteiger partial charge in [-0.1, -0.05) is 6.92 Å². The number of carbonyl (C=O) groups excluding carboxylic acids is 2. The van der Waals surface area contributed by atoms with Crippen LogP contribution in [0.2, 0.25) is 0 Å². The number of esters is 1. The van der Waals surface area contributed by atoms with Gasteiger partial charge >= 0.3 is 5.97 Å². The maximum absolute atomic E-state index is 12.6. The minimum atomic E-state index is -0.402. The Kier molecular flexibility index (Phi) is 6.58.